The zero-order chi connectivity index (χ0) is 11.8. The molecule has 2 rings (SSSR count). The van der Waals surface area contributed by atoms with Gasteiger partial charge in [0.05, 0.1) is 5.69 Å². The molecule has 2 aromatic rings. The second-order valence-corrected chi connectivity index (χ2v) is 3.51. The van der Waals surface area contributed by atoms with Gasteiger partial charge in [0.2, 0.25) is 0 Å². The van der Waals surface area contributed by atoms with Crippen molar-refractivity contribution in [3.05, 3.63) is 48.0 Å². The summed E-state index contributed by atoms with van der Waals surface area (Å²) in [6, 6.07) is 7.99. The lowest BCUT2D eigenvalue weighted by atomic mass is 10.3. The van der Waals surface area contributed by atoms with Gasteiger partial charge in [-0.2, -0.15) is 5.10 Å². The molecular weight excluding hydrogens is 198 g/mol. The summed E-state index contributed by atoms with van der Waals surface area (Å²) in [4.78, 5) is 4.10. The minimum absolute atomic E-state index is 1.03. The van der Waals surface area contributed by atoms with E-state index in [2.05, 4.69) is 23.9 Å². The molecule has 0 fully saturated rings. The topological polar surface area (TPSA) is 30.7 Å². The van der Waals surface area contributed by atoms with Crippen LogP contribution in [0.25, 0.3) is 0 Å². The van der Waals surface area contributed by atoms with Crippen LogP contribution in [-0.4, -0.2) is 14.8 Å². The highest BCUT2D eigenvalue weighted by molar-refractivity contribution is 5.02. The SMILES string of the molecule is CCc1ccccn1.CCc1ccn(C)n1. The van der Waals surface area contributed by atoms with Crippen molar-refractivity contribution in [1.82, 2.24) is 14.8 Å². The molecule has 0 aliphatic heterocycles. The zero-order valence-electron chi connectivity index (χ0n) is 10.2. The number of aryl methyl sites for hydroxylation is 3. The van der Waals surface area contributed by atoms with Crippen LogP contribution < -0.4 is 0 Å². The molecule has 0 saturated carbocycles. The summed E-state index contributed by atoms with van der Waals surface area (Å²) in [6.45, 7) is 4.20. The summed E-state index contributed by atoms with van der Waals surface area (Å²) < 4.78 is 1.82. The molecule has 0 saturated heterocycles. The van der Waals surface area contributed by atoms with Crippen molar-refractivity contribution < 1.29 is 0 Å². The van der Waals surface area contributed by atoms with Crippen LogP contribution in [0.15, 0.2) is 36.7 Å². The van der Waals surface area contributed by atoms with E-state index in [9.17, 15) is 0 Å². The van der Waals surface area contributed by atoms with E-state index in [1.54, 1.807) is 0 Å². The Morgan fingerprint density at radius 3 is 2.12 bits per heavy atom. The molecule has 86 valence electrons. The van der Waals surface area contributed by atoms with Gasteiger partial charge in [-0.15, -0.1) is 0 Å². The van der Waals surface area contributed by atoms with Crippen LogP contribution in [0.1, 0.15) is 25.2 Å². The fourth-order valence-corrected chi connectivity index (χ4v) is 1.26. The highest BCUT2D eigenvalue weighted by Gasteiger charge is 1.88. The molecule has 0 radical (unpaired) electrons. The number of rotatable bonds is 2. The van der Waals surface area contributed by atoms with Gasteiger partial charge in [0.25, 0.3) is 0 Å². The summed E-state index contributed by atoms with van der Waals surface area (Å²) in [7, 11) is 1.93. The largest absolute Gasteiger partial charge is 0.276 e. The smallest absolute Gasteiger partial charge is 0.0621 e. The van der Waals surface area contributed by atoms with Crippen LogP contribution in [0.4, 0.5) is 0 Å². The average Bonchev–Trinajstić information content (AvgIpc) is 2.77. The van der Waals surface area contributed by atoms with E-state index in [1.807, 2.05) is 48.4 Å². The Labute approximate surface area is 97.1 Å². The molecule has 0 aliphatic carbocycles. The fourth-order valence-electron chi connectivity index (χ4n) is 1.26. The van der Waals surface area contributed by atoms with Crippen molar-refractivity contribution in [3.63, 3.8) is 0 Å². The van der Waals surface area contributed by atoms with Crippen LogP contribution in [0, 0.1) is 0 Å². The summed E-state index contributed by atoms with van der Waals surface area (Å²) in [5, 5.41) is 4.15. The second kappa shape index (κ2) is 6.77. The number of aromatic nitrogens is 3. The summed E-state index contributed by atoms with van der Waals surface area (Å²) in [6.07, 6.45) is 5.83. The molecule has 0 bridgehead atoms. The van der Waals surface area contributed by atoms with Crippen LogP contribution in [0.5, 0.6) is 0 Å². The van der Waals surface area contributed by atoms with Gasteiger partial charge in [-0.25, -0.2) is 0 Å². The highest BCUT2D eigenvalue weighted by atomic mass is 15.2. The lowest BCUT2D eigenvalue weighted by Crippen LogP contribution is -1.88. The first kappa shape index (κ1) is 12.4. The third-order valence-corrected chi connectivity index (χ3v) is 2.22. The molecule has 2 heterocycles. The minimum Gasteiger partial charge on any atom is -0.276 e. The molecule has 0 aliphatic rings. The average molecular weight is 217 g/mol. The fraction of sp³-hybridized carbons (Fsp3) is 0.385. The third kappa shape index (κ3) is 4.26. The maximum absolute atomic E-state index is 4.15. The van der Waals surface area contributed by atoms with E-state index in [-0.39, 0.29) is 0 Å². The maximum Gasteiger partial charge on any atom is 0.0621 e. The Kier molecular flexibility index (Phi) is 5.26. The van der Waals surface area contributed by atoms with Crippen LogP contribution >= 0.6 is 0 Å². The monoisotopic (exact) mass is 217 g/mol. The first-order chi connectivity index (χ1) is 7.76. The quantitative estimate of drug-likeness (QED) is 0.774. The van der Waals surface area contributed by atoms with Gasteiger partial charge in [0.1, 0.15) is 0 Å². The van der Waals surface area contributed by atoms with Gasteiger partial charge >= 0.3 is 0 Å². The van der Waals surface area contributed by atoms with Crippen LogP contribution in [-0.2, 0) is 19.9 Å². The summed E-state index contributed by atoms with van der Waals surface area (Å²) >= 11 is 0. The van der Waals surface area contributed by atoms with Gasteiger partial charge in [-0.3, -0.25) is 9.67 Å². The molecule has 0 N–H and O–H groups in total. The van der Waals surface area contributed by atoms with Gasteiger partial charge in [0, 0.05) is 25.1 Å². The summed E-state index contributed by atoms with van der Waals surface area (Å²) in [5.41, 5.74) is 2.32. The second-order valence-electron chi connectivity index (χ2n) is 3.51. The molecule has 16 heavy (non-hydrogen) atoms. The van der Waals surface area contributed by atoms with E-state index in [0.29, 0.717) is 0 Å². The Balaban J connectivity index is 0.000000160. The number of hydrogen-bond acceptors (Lipinski definition) is 2. The molecular formula is C13H19N3. The predicted molar refractivity (Wildman–Crippen MR) is 66.2 cm³/mol. The van der Waals surface area contributed by atoms with Crippen LogP contribution in [0.2, 0.25) is 0 Å². The normalized spacial score (nSPS) is 9.44. The van der Waals surface area contributed by atoms with E-state index in [1.165, 1.54) is 0 Å². The molecule has 0 spiro atoms. The molecule has 0 amide bonds. The van der Waals surface area contributed by atoms with E-state index in [4.69, 9.17) is 0 Å². The van der Waals surface area contributed by atoms with Crippen molar-refractivity contribution >= 4 is 0 Å². The van der Waals surface area contributed by atoms with Crippen molar-refractivity contribution in [1.29, 1.82) is 0 Å². The van der Waals surface area contributed by atoms with Gasteiger partial charge in [-0.05, 0) is 31.0 Å². The number of hydrogen-bond donors (Lipinski definition) is 0. The van der Waals surface area contributed by atoms with Crippen molar-refractivity contribution in [2.24, 2.45) is 7.05 Å². The Bertz CT molecular complexity index is 393. The van der Waals surface area contributed by atoms with E-state index < -0.39 is 0 Å². The third-order valence-electron chi connectivity index (χ3n) is 2.22. The van der Waals surface area contributed by atoms with E-state index in [0.717, 1.165) is 24.2 Å². The molecule has 3 heteroatoms. The number of pyridine rings is 1. The minimum atomic E-state index is 1.03. The van der Waals surface area contributed by atoms with Gasteiger partial charge in [0.15, 0.2) is 0 Å². The van der Waals surface area contributed by atoms with Crippen molar-refractivity contribution in [2.75, 3.05) is 0 Å². The first-order valence-corrected chi connectivity index (χ1v) is 5.64. The molecule has 2 aromatic heterocycles. The lowest BCUT2D eigenvalue weighted by Gasteiger charge is -1.88. The van der Waals surface area contributed by atoms with E-state index >= 15 is 0 Å². The molecule has 0 atom stereocenters. The highest BCUT2D eigenvalue weighted by Crippen LogP contribution is 1.92. The maximum atomic E-state index is 4.15. The Hall–Kier alpha value is -1.64. The van der Waals surface area contributed by atoms with Crippen molar-refractivity contribution in [2.45, 2.75) is 26.7 Å². The summed E-state index contributed by atoms with van der Waals surface area (Å²) in [5.74, 6) is 0. The van der Waals surface area contributed by atoms with Crippen LogP contribution in [0.3, 0.4) is 0 Å². The standard InChI is InChI=1S/C7H9N.C6H10N2/c1-2-7-5-3-4-6-8-7;1-3-6-4-5-8(2)7-6/h3-6H,2H2,1H3;4-5H,3H2,1-2H3. The Morgan fingerprint density at radius 1 is 1.06 bits per heavy atom. The Morgan fingerprint density at radius 2 is 1.81 bits per heavy atom. The first-order valence-electron chi connectivity index (χ1n) is 5.64. The molecule has 0 aromatic carbocycles. The van der Waals surface area contributed by atoms with Gasteiger partial charge in [-0.1, -0.05) is 19.9 Å². The van der Waals surface area contributed by atoms with Crippen molar-refractivity contribution in [3.8, 4) is 0 Å². The van der Waals surface area contributed by atoms with Gasteiger partial charge < -0.3 is 0 Å². The molecule has 0 unspecified atom stereocenters. The molecule has 3 nitrogen and oxygen atoms in total. The lowest BCUT2D eigenvalue weighted by molar-refractivity contribution is 0.746. The predicted octanol–water partition coefficient (Wildman–Crippen LogP) is 2.63. The number of nitrogens with zero attached hydrogens (tertiary/aromatic N) is 3. The zero-order valence-corrected chi connectivity index (χ0v) is 10.2.